The Morgan fingerprint density at radius 3 is 2.71 bits per heavy atom. The Morgan fingerprint density at radius 1 is 1.29 bits per heavy atom. The standard InChI is InChI=1S/C15H17N3O2S/c1-2-8-16-14-9-13(18(19)20)10-15(17-14)21-11-12-6-4-3-5-7-12/h3-7,9-10H,2,8,11H2,1H3,(H,16,17). The summed E-state index contributed by atoms with van der Waals surface area (Å²) < 4.78 is 0. The molecule has 0 bridgehead atoms. The van der Waals surface area contributed by atoms with E-state index in [1.165, 1.54) is 29.5 Å². The molecule has 110 valence electrons. The van der Waals surface area contributed by atoms with E-state index < -0.39 is 0 Å². The number of hydrogen-bond donors (Lipinski definition) is 1. The van der Waals surface area contributed by atoms with Crippen molar-refractivity contribution in [2.75, 3.05) is 11.9 Å². The summed E-state index contributed by atoms with van der Waals surface area (Å²) in [6, 6.07) is 13.0. The zero-order valence-corrected chi connectivity index (χ0v) is 12.6. The Labute approximate surface area is 127 Å². The van der Waals surface area contributed by atoms with Gasteiger partial charge in [-0.3, -0.25) is 10.1 Å². The lowest BCUT2D eigenvalue weighted by molar-refractivity contribution is -0.385. The summed E-state index contributed by atoms with van der Waals surface area (Å²) >= 11 is 1.50. The zero-order valence-electron chi connectivity index (χ0n) is 11.8. The monoisotopic (exact) mass is 303 g/mol. The van der Waals surface area contributed by atoms with Crippen LogP contribution in [0.15, 0.2) is 47.5 Å². The van der Waals surface area contributed by atoms with Crippen molar-refractivity contribution in [3.63, 3.8) is 0 Å². The highest BCUT2D eigenvalue weighted by molar-refractivity contribution is 7.98. The average Bonchev–Trinajstić information content (AvgIpc) is 2.51. The number of thioether (sulfide) groups is 1. The molecule has 0 saturated heterocycles. The highest BCUT2D eigenvalue weighted by Gasteiger charge is 2.11. The number of anilines is 1. The highest BCUT2D eigenvalue weighted by atomic mass is 32.2. The molecule has 1 heterocycles. The maximum Gasteiger partial charge on any atom is 0.275 e. The minimum absolute atomic E-state index is 0.0687. The third-order valence-electron chi connectivity index (χ3n) is 2.78. The van der Waals surface area contributed by atoms with Gasteiger partial charge in [0, 0.05) is 18.4 Å². The fourth-order valence-electron chi connectivity index (χ4n) is 1.75. The Kier molecular flexibility index (Phi) is 5.57. The molecule has 1 N–H and O–H groups in total. The Hall–Kier alpha value is -2.08. The highest BCUT2D eigenvalue weighted by Crippen LogP contribution is 2.27. The molecule has 0 unspecified atom stereocenters. The molecular weight excluding hydrogens is 286 g/mol. The Bertz CT molecular complexity index is 605. The van der Waals surface area contributed by atoms with Gasteiger partial charge in [0.1, 0.15) is 10.8 Å². The molecule has 0 fully saturated rings. The Balaban J connectivity index is 2.13. The second-order valence-corrected chi connectivity index (χ2v) is 5.50. The predicted molar refractivity (Wildman–Crippen MR) is 85.7 cm³/mol. The average molecular weight is 303 g/mol. The van der Waals surface area contributed by atoms with E-state index in [0.29, 0.717) is 10.8 Å². The molecule has 0 aliphatic heterocycles. The number of nitrogens with zero attached hydrogens (tertiary/aromatic N) is 2. The number of nitrogens with one attached hydrogen (secondary N) is 1. The first kappa shape index (κ1) is 15.3. The SMILES string of the molecule is CCCNc1cc([N+](=O)[O-])cc(SCc2ccccc2)n1. The van der Waals surface area contributed by atoms with Crippen molar-refractivity contribution in [1.82, 2.24) is 4.98 Å². The fourth-order valence-corrected chi connectivity index (χ4v) is 2.62. The number of aromatic nitrogens is 1. The van der Waals surface area contributed by atoms with Crippen LogP contribution in [0.4, 0.5) is 11.5 Å². The third-order valence-corrected chi connectivity index (χ3v) is 3.77. The molecule has 0 aliphatic rings. The van der Waals surface area contributed by atoms with Gasteiger partial charge in [-0.1, -0.05) is 37.3 Å². The number of rotatable bonds is 7. The topological polar surface area (TPSA) is 68.1 Å². The lowest BCUT2D eigenvalue weighted by Gasteiger charge is -2.07. The van der Waals surface area contributed by atoms with Gasteiger partial charge in [0.25, 0.3) is 5.69 Å². The van der Waals surface area contributed by atoms with E-state index in [1.807, 2.05) is 37.3 Å². The normalized spacial score (nSPS) is 10.3. The molecule has 1 aromatic heterocycles. The van der Waals surface area contributed by atoms with Gasteiger partial charge in [0.2, 0.25) is 0 Å². The van der Waals surface area contributed by atoms with Crippen LogP contribution >= 0.6 is 11.8 Å². The van der Waals surface area contributed by atoms with E-state index in [9.17, 15) is 10.1 Å². The van der Waals surface area contributed by atoms with Gasteiger partial charge in [-0.05, 0) is 12.0 Å². The van der Waals surface area contributed by atoms with Crippen LogP contribution in [0.3, 0.4) is 0 Å². The number of nitro groups is 1. The van der Waals surface area contributed by atoms with E-state index >= 15 is 0 Å². The van der Waals surface area contributed by atoms with Gasteiger partial charge in [-0.2, -0.15) is 0 Å². The summed E-state index contributed by atoms with van der Waals surface area (Å²) in [5.74, 6) is 1.30. The first-order valence-corrected chi connectivity index (χ1v) is 7.74. The third kappa shape index (κ3) is 4.75. The lowest BCUT2D eigenvalue weighted by atomic mass is 10.2. The molecule has 0 spiro atoms. The van der Waals surface area contributed by atoms with E-state index in [1.54, 1.807) is 0 Å². The van der Waals surface area contributed by atoms with Crippen molar-refractivity contribution in [3.8, 4) is 0 Å². The number of benzene rings is 1. The molecule has 2 rings (SSSR count). The zero-order chi connectivity index (χ0) is 15.1. The van der Waals surface area contributed by atoms with Crippen LogP contribution in [0.5, 0.6) is 0 Å². The van der Waals surface area contributed by atoms with Crippen LogP contribution in [-0.2, 0) is 5.75 Å². The van der Waals surface area contributed by atoms with Gasteiger partial charge in [0.05, 0.1) is 11.0 Å². The molecule has 6 heteroatoms. The molecule has 1 aromatic carbocycles. The van der Waals surface area contributed by atoms with Crippen molar-refractivity contribution in [1.29, 1.82) is 0 Å². The van der Waals surface area contributed by atoms with Crippen molar-refractivity contribution in [2.45, 2.75) is 24.1 Å². The predicted octanol–water partition coefficient (Wildman–Crippen LogP) is 4.10. The molecular formula is C15H17N3O2S. The maximum absolute atomic E-state index is 11.0. The smallest absolute Gasteiger partial charge is 0.275 e. The van der Waals surface area contributed by atoms with E-state index in [0.717, 1.165) is 18.7 Å². The van der Waals surface area contributed by atoms with Gasteiger partial charge in [-0.25, -0.2) is 4.98 Å². The van der Waals surface area contributed by atoms with Gasteiger partial charge < -0.3 is 5.32 Å². The van der Waals surface area contributed by atoms with Gasteiger partial charge in [-0.15, -0.1) is 11.8 Å². The fraction of sp³-hybridized carbons (Fsp3) is 0.267. The second-order valence-electron chi connectivity index (χ2n) is 4.51. The first-order valence-electron chi connectivity index (χ1n) is 6.76. The van der Waals surface area contributed by atoms with Crippen LogP contribution in [0.25, 0.3) is 0 Å². The number of hydrogen-bond acceptors (Lipinski definition) is 5. The minimum Gasteiger partial charge on any atom is -0.370 e. The van der Waals surface area contributed by atoms with Crippen LogP contribution in [0.1, 0.15) is 18.9 Å². The van der Waals surface area contributed by atoms with Crippen LogP contribution in [0.2, 0.25) is 0 Å². The van der Waals surface area contributed by atoms with Gasteiger partial charge in [0.15, 0.2) is 0 Å². The molecule has 0 radical (unpaired) electrons. The Morgan fingerprint density at radius 2 is 2.05 bits per heavy atom. The summed E-state index contributed by atoms with van der Waals surface area (Å²) in [5.41, 5.74) is 1.23. The summed E-state index contributed by atoms with van der Waals surface area (Å²) in [4.78, 5) is 15.0. The van der Waals surface area contributed by atoms with Crippen LogP contribution in [0, 0.1) is 10.1 Å². The summed E-state index contributed by atoms with van der Waals surface area (Å²) in [6.45, 7) is 2.78. The van der Waals surface area contributed by atoms with Crippen LogP contribution < -0.4 is 5.32 Å². The summed E-state index contributed by atoms with van der Waals surface area (Å²) in [5, 5.41) is 14.8. The van der Waals surface area contributed by atoms with Crippen molar-refractivity contribution in [2.24, 2.45) is 0 Å². The van der Waals surface area contributed by atoms with Crippen LogP contribution in [-0.4, -0.2) is 16.5 Å². The number of pyridine rings is 1. The lowest BCUT2D eigenvalue weighted by Crippen LogP contribution is -2.03. The summed E-state index contributed by atoms with van der Waals surface area (Å²) in [7, 11) is 0. The van der Waals surface area contributed by atoms with Crippen molar-refractivity contribution >= 4 is 23.3 Å². The largest absolute Gasteiger partial charge is 0.370 e. The summed E-state index contributed by atoms with van der Waals surface area (Å²) in [6.07, 6.45) is 0.941. The first-order chi connectivity index (χ1) is 10.2. The van der Waals surface area contributed by atoms with E-state index in [-0.39, 0.29) is 10.6 Å². The molecule has 5 nitrogen and oxygen atoms in total. The molecule has 0 aliphatic carbocycles. The van der Waals surface area contributed by atoms with E-state index in [4.69, 9.17) is 0 Å². The molecule has 0 saturated carbocycles. The molecule has 21 heavy (non-hydrogen) atoms. The quantitative estimate of drug-likeness (QED) is 0.474. The second kappa shape index (κ2) is 7.64. The van der Waals surface area contributed by atoms with Crippen molar-refractivity contribution < 1.29 is 4.92 Å². The van der Waals surface area contributed by atoms with Crippen molar-refractivity contribution in [3.05, 3.63) is 58.1 Å². The minimum atomic E-state index is -0.384. The van der Waals surface area contributed by atoms with E-state index in [2.05, 4.69) is 10.3 Å². The molecule has 0 amide bonds. The molecule has 2 aromatic rings. The van der Waals surface area contributed by atoms with Gasteiger partial charge >= 0.3 is 0 Å². The molecule has 0 atom stereocenters. The maximum atomic E-state index is 11.0.